The van der Waals surface area contributed by atoms with E-state index in [9.17, 15) is 9.18 Å². The summed E-state index contributed by atoms with van der Waals surface area (Å²) in [7, 11) is 0. The van der Waals surface area contributed by atoms with Crippen LogP contribution in [0.3, 0.4) is 0 Å². The minimum absolute atomic E-state index is 0.268. The topological polar surface area (TPSA) is 46.1 Å². The summed E-state index contributed by atoms with van der Waals surface area (Å²) >= 11 is 5.91. The average molecular weight is 372 g/mol. The predicted molar refractivity (Wildman–Crippen MR) is 103 cm³/mol. The number of anilines is 1. The molecule has 0 bridgehead atoms. The first-order chi connectivity index (χ1) is 12.4. The molecule has 4 nitrogen and oxygen atoms in total. The maximum absolute atomic E-state index is 13.2. The highest BCUT2D eigenvalue weighted by Gasteiger charge is 2.12. The van der Waals surface area contributed by atoms with Gasteiger partial charge in [0.25, 0.3) is 0 Å². The van der Waals surface area contributed by atoms with E-state index in [1.54, 1.807) is 36.4 Å². The largest absolute Gasteiger partial charge is 0.334 e. The Kier molecular flexibility index (Phi) is 5.28. The number of nitrogens with one attached hydrogen (secondary N) is 2. The van der Waals surface area contributed by atoms with Crippen LogP contribution in [0, 0.1) is 19.7 Å². The van der Waals surface area contributed by atoms with Gasteiger partial charge in [-0.3, -0.25) is 0 Å². The second-order valence-electron chi connectivity index (χ2n) is 6.03. The zero-order chi connectivity index (χ0) is 18.7. The Morgan fingerprint density at radius 3 is 2.54 bits per heavy atom. The van der Waals surface area contributed by atoms with Crippen molar-refractivity contribution in [2.75, 3.05) is 5.32 Å². The van der Waals surface area contributed by atoms with Gasteiger partial charge in [0.2, 0.25) is 0 Å². The summed E-state index contributed by atoms with van der Waals surface area (Å²) in [4.78, 5) is 12.1. The Balaban J connectivity index is 1.70. The molecule has 0 aliphatic rings. The summed E-state index contributed by atoms with van der Waals surface area (Å²) < 4.78 is 15.2. The zero-order valence-electron chi connectivity index (χ0n) is 14.5. The molecule has 2 N–H and O–H groups in total. The SMILES string of the molecule is Cc1cc(CNC(=O)Nc2cccc(Cl)c2)c(C)n1-c1ccc(F)cc1. The average Bonchev–Trinajstić information content (AvgIpc) is 2.88. The third-order valence-corrected chi connectivity index (χ3v) is 4.38. The van der Waals surface area contributed by atoms with Gasteiger partial charge in [0.1, 0.15) is 5.82 Å². The minimum Gasteiger partial charge on any atom is -0.334 e. The summed E-state index contributed by atoms with van der Waals surface area (Å²) in [5.41, 5.74) is 4.52. The van der Waals surface area contributed by atoms with Gasteiger partial charge in [-0.15, -0.1) is 0 Å². The highest BCUT2D eigenvalue weighted by atomic mass is 35.5. The second-order valence-corrected chi connectivity index (χ2v) is 6.46. The smallest absolute Gasteiger partial charge is 0.319 e. The van der Waals surface area contributed by atoms with Gasteiger partial charge in [-0.2, -0.15) is 0 Å². The van der Waals surface area contributed by atoms with Crippen LogP contribution in [-0.4, -0.2) is 10.6 Å². The Bertz CT molecular complexity index is 935. The van der Waals surface area contributed by atoms with E-state index in [2.05, 4.69) is 10.6 Å². The van der Waals surface area contributed by atoms with Crippen molar-refractivity contribution in [3.05, 3.63) is 82.4 Å². The van der Waals surface area contributed by atoms with E-state index in [4.69, 9.17) is 11.6 Å². The van der Waals surface area contributed by atoms with Crippen molar-refractivity contribution in [2.24, 2.45) is 0 Å². The van der Waals surface area contributed by atoms with Crippen LogP contribution in [0.25, 0.3) is 5.69 Å². The minimum atomic E-state index is -0.307. The van der Waals surface area contributed by atoms with Gasteiger partial charge < -0.3 is 15.2 Å². The van der Waals surface area contributed by atoms with Crippen molar-refractivity contribution in [3.63, 3.8) is 0 Å². The van der Waals surface area contributed by atoms with Gasteiger partial charge >= 0.3 is 6.03 Å². The van der Waals surface area contributed by atoms with Crippen molar-refractivity contribution in [2.45, 2.75) is 20.4 Å². The number of aromatic nitrogens is 1. The number of carbonyl (C=O) groups is 1. The summed E-state index contributed by atoms with van der Waals surface area (Å²) in [6.07, 6.45) is 0. The molecule has 1 heterocycles. The molecule has 0 unspecified atom stereocenters. The number of carbonyl (C=O) groups excluding carboxylic acids is 1. The zero-order valence-corrected chi connectivity index (χ0v) is 15.3. The Labute approximate surface area is 156 Å². The number of aryl methyl sites for hydroxylation is 1. The third kappa shape index (κ3) is 4.06. The lowest BCUT2D eigenvalue weighted by molar-refractivity contribution is 0.251. The maximum atomic E-state index is 13.2. The van der Waals surface area contributed by atoms with Gasteiger partial charge in [0, 0.05) is 34.3 Å². The van der Waals surface area contributed by atoms with Crippen LogP contribution in [0.4, 0.5) is 14.9 Å². The van der Waals surface area contributed by atoms with E-state index in [0.717, 1.165) is 22.6 Å². The highest BCUT2D eigenvalue weighted by Crippen LogP contribution is 2.21. The molecular formula is C20H19ClFN3O. The Morgan fingerprint density at radius 1 is 1.12 bits per heavy atom. The molecule has 26 heavy (non-hydrogen) atoms. The Morgan fingerprint density at radius 2 is 1.85 bits per heavy atom. The quantitative estimate of drug-likeness (QED) is 0.649. The lowest BCUT2D eigenvalue weighted by Gasteiger charge is -2.11. The van der Waals surface area contributed by atoms with Crippen LogP contribution >= 0.6 is 11.6 Å². The fraction of sp³-hybridized carbons (Fsp3) is 0.150. The fourth-order valence-corrected chi connectivity index (χ4v) is 3.10. The number of benzene rings is 2. The highest BCUT2D eigenvalue weighted by molar-refractivity contribution is 6.30. The standard InChI is InChI=1S/C20H19ClFN3O/c1-13-10-15(14(2)25(13)19-8-6-17(22)7-9-19)12-23-20(26)24-18-5-3-4-16(21)11-18/h3-11H,12H2,1-2H3,(H2,23,24,26). The summed E-state index contributed by atoms with van der Waals surface area (Å²) in [6.45, 7) is 4.33. The number of nitrogens with zero attached hydrogens (tertiary/aromatic N) is 1. The molecule has 134 valence electrons. The van der Waals surface area contributed by atoms with E-state index in [-0.39, 0.29) is 11.8 Å². The van der Waals surface area contributed by atoms with E-state index < -0.39 is 0 Å². The van der Waals surface area contributed by atoms with Crippen molar-refractivity contribution >= 4 is 23.3 Å². The first-order valence-electron chi connectivity index (χ1n) is 8.18. The molecule has 0 spiro atoms. The van der Waals surface area contributed by atoms with Crippen molar-refractivity contribution in [3.8, 4) is 5.69 Å². The first-order valence-corrected chi connectivity index (χ1v) is 8.56. The molecule has 0 saturated heterocycles. The van der Waals surface area contributed by atoms with Crippen molar-refractivity contribution in [1.29, 1.82) is 0 Å². The lowest BCUT2D eigenvalue weighted by atomic mass is 10.2. The predicted octanol–water partition coefficient (Wildman–Crippen LogP) is 5.21. The molecule has 0 radical (unpaired) electrons. The van der Waals surface area contributed by atoms with E-state index >= 15 is 0 Å². The molecule has 2 aromatic carbocycles. The molecule has 0 fully saturated rings. The maximum Gasteiger partial charge on any atom is 0.319 e. The van der Waals surface area contributed by atoms with Crippen LogP contribution in [-0.2, 0) is 6.54 Å². The molecule has 6 heteroatoms. The fourth-order valence-electron chi connectivity index (χ4n) is 2.91. The molecular weight excluding hydrogens is 353 g/mol. The second kappa shape index (κ2) is 7.62. The number of amides is 2. The van der Waals surface area contributed by atoms with Gasteiger partial charge in [-0.25, -0.2) is 9.18 Å². The van der Waals surface area contributed by atoms with E-state index in [0.29, 0.717) is 17.3 Å². The molecule has 1 aromatic heterocycles. The molecule has 2 amide bonds. The number of hydrogen-bond donors (Lipinski definition) is 2. The number of urea groups is 1. The van der Waals surface area contributed by atoms with Crippen LogP contribution < -0.4 is 10.6 Å². The summed E-state index contributed by atoms with van der Waals surface area (Å²) in [5, 5.41) is 6.15. The van der Waals surface area contributed by atoms with E-state index in [1.807, 2.05) is 24.5 Å². The molecule has 3 aromatic rings. The first kappa shape index (κ1) is 18.0. The molecule has 0 saturated carbocycles. The van der Waals surface area contributed by atoms with Gasteiger partial charge in [-0.05, 0) is 67.9 Å². The Hall–Kier alpha value is -2.79. The third-order valence-electron chi connectivity index (χ3n) is 4.14. The molecule has 0 atom stereocenters. The van der Waals surface area contributed by atoms with Gasteiger partial charge in [0.05, 0.1) is 0 Å². The number of rotatable bonds is 4. The number of hydrogen-bond acceptors (Lipinski definition) is 1. The van der Waals surface area contributed by atoms with Crippen LogP contribution in [0.2, 0.25) is 5.02 Å². The summed E-state index contributed by atoms with van der Waals surface area (Å²) in [5.74, 6) is -0.268. The van der Waals surface area contributed by atoms with Gasteiger partial charge in [0.15, 0.2) is 0 Å². The van der Waals surface area contributed by atoms with Crippen LogP contribution in [0.15, 0.2) is 54.6 Å². The molecule has 3 rings (SSSR count). The molecule has 0 aliphatic heterocycles. The van der Waals surface area contributed by atoms with Gasteiger partial charge in [-0.1, -0.05) is 17.7 Å². The summed E-state index contributed by atoms with van der Waals surface area (Å²) in [6, 6.07) is 15.0. The monoisotopic (exact) mass is 371 g/mol. The lowest BCUT2D eigenvalue weighted by Crippen LogP contribution is -2.28. The normalized spacial score (nSPS) is 10.6. The van der Waals surface area contributed by atoms with E-state index in [1.165, 1.54) is 12.1 Å². The van der Waals surface area contributed by atoms with Crippen LogP contribution in [0.5, 0.6) is 0 Å². The number of halogens is 2. The van der Waals surface area contributed by atoms with Crippen molar-refractivity contribution in [1.82, 2.24) is 9.88 Å². The van der Waals surface area contributed by atoms with Crippen LogP contribution in [0.1, 0.15) is 17.0 Å². The van der Waals surface area contributed by atoms with Crippen molar-refractivity contribution < 1.29 is 9.18 Å². The molecule has 0 aliphatic carbocycles.